The van der Waals surface area contributed by atoms with Gasteiger partial charge in [-0.15, -0.1) is 0 Å². The second-order valence-electron chi connectivity index (χ2n) is 8.96. The van der Waals surface area contributed by atoms with Crippen LogP contribution in [-0.2, 0) is 26.2 Å². The molecule has 0 aromatic heterocycles. The van der Waals surface area contributed by atoms with Crippen molar-refractivity contribution in [2.75, 3.05) is 17.1 Å². The van der Waals surface area contributed by atoms with Crippen LogP contribution in [0.25, 0.3) is 0 Å². The van der Waals surface area contributed by atoms with Crippen molar-refractivity contribution >= 4 is 62.3 Å². The van der Waals surface area contributed by atoms with E-state index in [4.69, 9.17) is 34.8 Å². The fourth-order valence-corrected chi connectivity index (χ4v) is 5.84. The average molecular weight is 575 g/mol. The van der Waals surface area contributed by atoms with Crippen molar-refractivity contribution in [1.29, 1.82) is 0 Å². The van der Waals surface area contributed by atoms with Gasteiger partial charge in [0.2, 0.25) is 21.8 Å². The third kappa shape index (κ3) is 7.75. The van der Waals surface area contributed by atoms with E-state index in [1.165, 1.54) is 23.1 Å². The summed E-state index contributed by atoms with van der Waals surface area (Å²) in [7, 11) is -3.88. The third-order valence-corrected chi connectivity index (χ3v) is 8.00. The number of benzene rings is 2. The van der Waals surface area contributed by atoms with E-state index in [0.717, 1.165) is 41.8 Å². The van der Waals surface area contributed by atoms with Gasteiger partial charge in [0.15, 0.2) is 0 Å². The van der Waals surface area contributed by atoms with Crippen LogP contribution in [0.2, 0.25) is 15.1 Å². The zero-order chi connectivity index (χ0) is 26.5. The van der Waals surface area contributed by atoms with Crippen LogP contribution in [0.15, 0.2) is 42.5 Å². The molecule has 1 unspecified atom stereocenters. The lowest BCUT2D eigenvalue weighted by Crippen LogP contribution is -2.53. The van der Waals surface area contributed by atoms with Gasteiger partial charge in [0.1, 0.15) is 12.6 Å². The lowest BCUT2D eigenvalue weighted by atomic mass is 10.1. The predicted molar refractivity (Wildman–Crippen MR) is 145 cm³/mol. The Kier molecular flexibility index (Phi) is 9.92. The van der Waals surface area contributed by atoms with Crippen molar-refractivity contribution in [2.45, 2.75) is 57.7 Å². The molecular weight excluding hydrogens is 545 g/mol. The largest absolute Gasteiger partial charge is 0.352 e. The highest BCUT2D eigenvalue weighted by atomic mass is 35.5. The molecule has 36 heavy (non-hydrogen) atoms. The maximum absolute atomic E-state index is 13.7. The zero-order valence-electron chi connectivity index (χ0n) is 20.2. The molecule has 1 aliphatic rings. The average Bonchev–Trinajstić information content (AvgIpc) is 3.30. The van der Waals surface area contributed by atoms with E-state index in [1.807, 2.05) is 6.92 Å². The summed E-state index contributed by atoms with van der Waals surface area (Å²) in [5.74, 6) is -0.775. The monoisotopic (exact) mass is 573 g/mol. The first-order valence-corrected chi connectivity index (χ1v) is 14.7. The van der Waals surface area contributed by atoms with Crippen LogP contribution in [0.1, 0.15) is 44.6 Å². The van der Waals surface area contributed by atoms with Crippen LogP contribution in [0.5, 0.6) is 0 Å². The first-order chi connectivity index (χ1) is 17.0. The maximum atomic E-state index is 13.7. The van der Waals surface area contributed by atoms with Crippen molar-refractivity contribution in [3.05, 3.63) is 63.1 Å². The van der Waals surface area contributed by atoms with E-state index < -0.39 is 28.5 Å². The molecular formula is C25H30Cl3N3O4S. The van der Waals surface area contributed by atoms with Crippen molar-refractivity contribution < 1.29 is 18.0 Å². The minimum Gasteiger partial charge on any atom is -0.352 e. The lowest BCUT2D eigenvalue weighted by molar-refractivity contribution is -0.140. The molecule has 1 saturated carbocycles. The fourth-order valence-electron chi connectivity index (χ4n) is 4.37. The number of anilines is 1. The summed E-state index contributed by atoms with van der Waals surface area (Å²) in [5.41, 5.74) is 0.926. The smallest absolute Gasteiger partial charge is 0.244 e. The second-order valence-corrected chi connectivity index (χ2v) is 12.2. The van der Waals surface area contributed by atoms with Crippen molar-refractivity contribution in [3.63, 3.8) is 0 Å². The molecule has 0 saturated heterocycles. The second kappa shape index (κ2) is 12.5. The quantitative estimate of drug-likeness (QED) is 0.418. The van der Waals surface area contributed by atoms with Gasteiger partial charge in [-0.2, -0.15) is 0 Å². The molecule has 0 radical (unpaired) electrons. The normalized spacial score (nSPS) is 14.9. The molecule has 1 N–H and O–H groups in total. The molecule has 1 atom stereocenters. The number of rotatable bonds is 10. The van der Waals surface area contributed by atoms with E-state index in [2.05, 4.69) is 5.32 Å². The fraction of sp³-hybridized carbons (Fsp3) is 0.440. The molecule has 7 nitrogen and oxygen atoms in total. The van der Waals surface area contributed by atoms with Crippen LogP contribution in [0.4, 0.5) is 5.69 Å². The van der Waals surface area contributed by atoms with E-state index in [1.54, 1.807) is 24.3 Å². The summed E-state index contributed by atoms with van der Waals surface area (Å²) < 4.78 is 26.3. The van der Waals surface area contributed by atoms with Gasteiger partial charge < -0.3 is 10.2 Å². The minimum atomic E-state index is -3.88. The number of halogens is 3. The predicted octanol–water partition coefficient (Wildman–Crippen LogP) is 5.28. The van der Waals surface area contributed by atoms with Gasteiger partial charge in [0, 0.05) is 27.7 Å². The number of carbonyl (C=O) groups is 2. The van der Waals surface area contributed by atoms with Crippen LogP contribution in [0, 0.1) is 0 Å². The van der Waals surface area contributed by atoms with Gasteiger partial charge in [0.05, 0.1) is 11.9 Å². The molecule has 0 spiro atoms. The Balaban J connectivity index is 1.93. The highest BCUT2D eigenvalue weighted by Gasteiger charge is 2.33. The van der Waals surface area contributed by atoms with Gasteiger partial charge in [-0.25, -0.2) is 8.42 Å². The van der Waals surface area contributed by atoms with Crippen molar-refractivity contribution in [1.82, 2.24) is 10.2 Å². The summed E-state index contributed by atoms with van der Waals surface area (Å²) in [5, 5.41) is 4.09. The summed E-state index contributed by atoms with van der Waals surface area (Å²) in [4.78, 5) is 28.4. The molecule has 196 valence electrons. The number of nitrogens with one attached hydrogen (secondary N) is 1. The van der Waals surface area contributed by atoms with Gasteiger partial charge in [-0.3, -0.25) is 13.9 Å². The Hall–Kier alpha value is -2.00. The van der Waals surface area contributed by atoms with Gasteiger partial charge >= 0.3 is 0 Å². The number of nitrogens with zero attached hydrogens (tertiary/aromatic N) is 2. The Bertz CT molecular complexity index is 1170. The Morgan fingerprint density at radius 2 is 1.58 bits per heavy atom. The van der Waals surface area contributed by atoms with E-state index in [-0.39, 0.29) is 34.2 Å². The number of carbonyl (C=O) groups excluding carboxylic acids is 2. The Morgan fingerprint density at radius 3 is 2.11 bits per heavy atom. The van der Waals surface area contributed by atoms with E-state index in [0.29, 0.717) is 11.4 Å². The van der Waals surface area contributed by atoms with Gasteiger partial charge in [-0.05, 0) is 55.2 Å². The van der Waals surface area contributed by atoms with Crippen molar-refractivity contribution in [3.8, 4) is 0 Å². The molecule has 2 aromatic rings. The molecule has 0 heterocycles. The number of hydrogen-bond donors (Lipinski definition) is 1. The summed E-state index contributed by atoms with van der Waals surface area (Å²) in [6.45, 7) is 1.42. The molecule has 1 aliphatic carbocycles. The van der Waals surface area contributed by atoms with Crippen LogP contribution < -0.4 is 9.62 Å². The van der Waals surface area contributed by atoms with E-state index >= 15 is 0 Å². The van der Waals surface area contributed by atoms with Crippen molar-refractivity contribution in [2.24, 2.45) is 0 Å². The molecule has 2 aromatic carbocycles. The lowest BCUT2D eigenvalue weighted by Gasteiger charge is -2.33. The number of hydrogen-bond acceptors (Lipinski definition) is 4. The van der Waals surface area contributed by atoms with Crippen LogP contribution in [-0.4, -0.2) is 50.0 Å². The standard InChI is InChI=1S/C25H30Cl3N3O4S/c1-3-23(25(33)29-21-6-4-5-7-21)30(15-17-8-10-18(26)11-9-17)24(32)16-31(36(2,34)35)22-13-19(27)12-20(28)14-22/h8-14,21,23H,3-7,15-16H2,1-2H3,(H,29,33). The maximum Gasteiger partial charge on any atom is 0.244 e. The highest BCUT2D eigenvalue weighted by Crippen LogP contribution is 2.28. The molecule has 11 heteroatoms. The first kappa shape index (κ1) is 28.6. The van der Waals surface area contributed by atoms with Gasteiger partial charge in [0.25, 0.3) is 0 Å². The topological polar surface area (TPSA) is 86.8 Å². The molecule has 0 bridgehead atoms. The Morgan fingerprint density at radius 1 is 1.00 bits per heavy atom. The van der Waals surface area contributed by atoms with Crippen LogP contribution in [0.3, 0.4) is 0 Å². The molecule has 0 aliphatic heterocycles. The minimum absolute atomic E-state index is 0.0835. The highest BCUT2D eigenvalue weighted by molar-refractivity contribution is 7.92. The molecule has 2 amide bonds. The zero-order valence-corrected chi connectivity index (χ0v) is 23.3. The summed E-state index contributed by atoms with van der Waals surface area (Å²) in [6.07, 6.45) is 5.29. The third-order valence-electron chi connectivity index (χ3n) is 6.17. The SMILES string of the molecule is CCC(C(=O)NC1CCCC1)N(Cc1ccc(Cl)cc1)C(=O)CN(c1cc(Cl)cc(Cl)c1)S(C)(=O)=O. The molecule has 3 rings (SSSR count). The first-order valence-electron chi connectivity index (χ1n) is 11.8. The number of sulfonamides is 1. The van der Waals surface area contributed by atoms with Crippen LogP contribution >= 0.6 is 34.8 Å². The summed E-state index contributed by atoms with van der Waals surface area (Å²) in [6, 6.07) is 10.6. The molecule has 1 fully saturated rings. The van der Waals surface area contributed by atoms with Gasteiger partial charge in [-0.1, -0.05) is 66.7 Å². The summed E-state index contributed by atoms with van der Waals surface area (Å²) >= 11 is 18.2. The number of amides is 2. The van der Waals surface area contributed by atoms with E-state index in [9.17, 15) is 18.0 Å². The Labute approximate surface area is 227 Å².